The monoisotopic (exact) mass is 330 g/mol. The lowest BCUT2D eigenvalue weighted by atomic mass is 10.2. The minimum atomic E-state index is -0.233. The lowest BCUT2D eigenvalue weighted by molar-refractivity contribution is 0.102. The zero-order valence-corrected chi connectivity index (χ0v) is 13.0. The third-order valence-electron chi connectivity index (χ3n) is 3.23. The summed E-state index contributed by atoms with van der Waals surface area (Å²) >= 11 is 12.0. The third-order valence-corrected chi connectivity index (χ3v) is 4.05. The van der Waals surface area contributed by atoms with Crippen molar-refractivity contribution in [1.29, 1.82) is 0 Å². The molecule has 0 aliphatic heterocycles. The molecule has 1 aromatic heterocycles. The van der Waals surface area contributed by atoms with E-state index in [9.17, 15) is 4.79 Å². The molecule has 1 heterocycles. The largest absolute Gasteiger partial charge is 0.324 e. The number of amides is 1. The number of nitrogens with one attached hydrogen (secondary N) is 1. The van der Waals surface area contributed by atoms with E-state index in [1.807, 2.05) is 41.2 Å². The fourth-order valence-electron chi connectivity index (χ4n) is 2.09. The summed E-state index contributed by atoms with van der Waals surface area (Å²) < 4.78 is 1.97. The molecule has 0 bridgehead atoms. The Hall–Kier alpha value is -2.23. The molecular formula is C17H12Cl2N2O. The average molecular weight is 331 g/mol. The zero-order chi connectivity index (χ0) is 15.5. The van der Waals surface area contributed by atoms with Crippen molar-refractivity contribution in [3.8, 4) is 5.69 Å². The van der Waals surface area contributed by atoms with E-state index < -0.39 is 0 Å². The van der Waals surface area contributed by atoms with Gasteiger partial charge in [0, 0.05) is 23.6 Å². The predicted molar refractivity (Wildman–Crippen MR) is 90.2 cm³/mol. The van der Waals surface area contributed by atoms with Crippen LogP contribution in [0.4, 0.5) is 5.69 Å². The number of rotatable bonds is 3. The average Bonchev–Trinajstić information content (AvgIpc) is 3.06. The third kappa shape index (κ3) is 3.01. The Kier molecular flexibility index (Phi) is 4.18. The van der Waals surface area contributed by atoms with E-state index in [1.165, 1.54) is 0 Å². The van der Waals surface area contributed by atoms with Gasteiger partial charge in [-0.3, -0.25) is 4.79 Å². The molecule has 3 nitrogen and oxygen atoms in total. The van der Waals surface area contributed by atoms with E-state index in [0.29, 0.717) is 21.3 Å². The second-order valence-corrected chi connectivity index (χ2v) is 5.48. The molecular weight excluding hydrogens is 319 g/mol. The number of hydrogen-bond acceptors (Lipinski definition) is 1. The number of benzene rings is 2. The molecule has 0 aliphatic carbocycles. The van der Waals surface area contributed by atoms with Gasteiger partial charge in [-0.25, -0.2) is 0 Å². The highest BCUT2D eigenvalue weighted by Gasteiger charge is 2.10. The van der Waals surface area contributed by atoms with Gasteiger partial charge in [0.25, 0.3) is 5.91 Å². The first-order valence-electron chi connectivity index (χ1n) is 6.64. The quantitative estimate of drug-likeness (QED) is 0.717. The van der Waals surface area contributed by atoms with E-state index in [0.717, 1.165) is 5.69 Å². The SMILES string of the molecule is O=C(Nc1cccc(Cl)c1Cl)c1ccc(-n2cccc2)cc1. The van der Waals surface area contributed by atoms with Crippen molar-refractivity contribution in [2.45, 2.75) is 0 Å². The van der Waals surface area contributed by atoms with Gasteiger partial charge in [0.05, 0.1) is 15.7 Å². The van der Waals surface area contributed by atoms with Crippen LogP contribution in [0.15, 0.2) is 67.0 Å². The van der Waals surface area contributed by atoms with Crippen LogP contribution in [-0.4, -0.2) is 10.5 Å². The minimum Gasteiger partial charge on any atom is -0.324 e. The van der Waals surface area contributed by atoms with Crippen LogP contribution in [0.25, 0.3) is 5.69 Å². The van der Waals surface area contributed by atoms with Crippen LogP contribution >= 0.6 is 23.2 Å². The maximum absolute atomic E-state index is 12.3. The molecule has 2 aromatic carbocycles. The van der Waals surface area contributed by atoms with Gasteiger partial charge in [0.15, 0.2) is 0 Å². The number of hydrogen-bond donors (Lipinski definition) is 1. The summed E-state index contributed by atoms with van der Waals surface area (Å²) in [6.45, 7) is 0. The molecule has 0 saturated heterocycles. The van der Waals surface area contributed by atoms with E-state index >= 15 is 0 Å². The molecule has 1 N–H and O–H groups in total. The van der Waals surface area contributed by atoms with Crippen molar-refractivity contribution < 1.29 is 4.79 Å². The Labute approximate surface area is 138 Å². The summed E-state index contributed by atoms with van der Waals surface area (Å²) in [7, 11) is 0. The Bertz CT molecular complexity index is 796. The number of halogens is 2. The second-order valence-electron chi connectivity index (χ2n) is 4.69. The molecule has 0 saturated carbocycles. The highest BCUT2D eigenvalue weighted by atomic mass is 35.5. The molecule has 22 heavy (non-hydrogen) atoms. The van der Waals surface area contributed by atoms with Gasteiger partial charge in [-0.1, -0.05) is 29.3 Å². The molecule has 1 amide bonds. The first kappa shape index (κ1) is 14.7. The second kappa shape index (κ2) is 6.26. The molecule has 0 fully saturated rings. The summed E-state index contributed by atoms with van der Waals surface area (Å²) in [5, 5.41) is 3.50. The van der Waals surface area contributed by atoms with Crippen molar-refractivity contribution in [2.75, 3.05) is 5.32 Å². The smallest absolute Gasteiger partial charge is 0.255 e. The fraction of sp³-hybridized carbons (Fsp3) is 0. The van der Waals surface area contributed by atoms with Crippen LogP contribution < -0.4 is 5.32 Å². The Morgan fingerprint density at radius 1 is 0.909 bits per heavy atom. The molecule has 3 rings (SSSR count). The van der Waals surface area contributed by atoms with Gasteiger partial charge in [-0.15, -0.1) is 0 Å². The van der Waals surface area contributed by atoms with Gasteiger partial charge in [0.2, 0.25) is 0 Å². The fourth-order valence-corrected chi connectivity index (χ4v) is 2.43. The molecule has 0 atom stereocenters. The first-order chi connectivity index (χ1) is 10.6. The Balaban J connectivity index is 1.79. The van der Waals surface area contributed by atoms with Gasteiger partial charge >= 0.3 is 0 Å². The van der Waals surface area contributed by atoms with Crippen LogP contribution in [0.5, 0.6) is 0 Å². The molecule has 110 valence electrons. The highest BCUT2D eigenvalue weighted by Crippen LogP contribution is 2.29. The lowest BCUT2D eigenvalue weighted by Crippen LogP contribution is -2.12. The molecule has 0 unspecified atom stereocenters. The maximum Gasteiger partial charge on any atom is 0.255 e. The number of aromatic nitrogens is 1. The lowest BCUT2D eigenvalue weighted by Gasteiger charge is -2.09. The predicted octanol–water partition coefficient (Wildman–Crippen LogP) is 5.04. The number of anilines is 1. The van der Waals surface area contributed by atoms with E-state index in [2.05, 4.69) is 5.32 Å². The molecule has 3 aromatic rings. The van der Waals surface area contributed by atoms with Crippen LogP contribution in [0, 0.1) is 0 Å². The van der Waals surface area contributed by atoms with E-state index in [4.69, 9.17) is 23.2 Å². The van der Waals surface area contributed by atoms with Crippen LogP contribution in [0.2, 0.25) is 10.0 Å². The van der Waals surface area contributed by atoms with Gasteiger partial charge < -0.3 is 9.88 Å². The molecule has 5 heteroatoms. The van der Waals surface area contributed by atoms with E-state index in [-0.39, 0.29) is 5.91 Å². The number of carbonyl (C=O) groups excluding carboxylic acids is 1. The van der Waals surface area contributed by atoms with Gasteiger partial charge in [0.1, 0.15) is 0 Å². The normalized spacial score (nSPS) is 10.5. The summed E-state index contributed by atoms with van der Waals surface area (Å²) in [5.74, 6) is -0.233. The minimum absolute atomic E-state index is 0.233. The maximum atomic E-state index is 12.3. The van der Waals surface area contributed by atoms with Crippen molar-refractivity contribution >= 4 is 34.8 Å². The van der Waals surface area contributed by atoms with Crippen LogP contribution in [0.3, 0.4) is 0 Å². The summed E-state index contributed by atoms with van der Waals surface area (Å²) in [6.07, 6.45) is 3.89. The van der Waals surface area contributed by atoms with Crippen molar-refractivity contribution in [1.82, 2.24) is 4.57 Å². The molecule has 0 aliphatic rings. The van der Waals surface area contributed by atoms with Crippen LogP contribution in [0.1, 0.15) is 10.4 Å². The highest BCUT2D eigenvalue weighted by molar-refractivity contribution is 6.44. The number of nitrogens with zero attached hydrogens (tertiary/aromatic N) is 1. The summed E-state index contributed by atoms with van der Waals surface area (Å²) in [6, 6.07) is 16.3. The topological polar surface area (TPSA) is 34.0 Å². The van der Waals surface area contributed by atoms with Gasteiger partial charge in [-0.05, 0) is 48.5 Å². The van der Waals surface area contributed by atoms with Gasteiger partial charge in [-0.2, -0.15) is 0 Å². The molecule has 0 radical (unpaired) electrons. The van der Waals surface area contributed by atoms with Crippen molar-refractivity contribution in [3.63, 3.8) is 0 Å². The van der Waals surface area contributed by atoms with Crippen LogP contribution in [-0.2, 0) is 0 Å². The Morgan fingerprint density at radius 2 is 1.59 bits per heavy atom. The summed E-state index contributed by atoms with van der Waals surface area (Å²) in [4.78, 5) is 12.3. The van der Waals surface area contributed by atoms with Crippen molar-refractivity contribution in [2.24, 2.45) is 0 Å². The van der Waals surface area contributed by atoms with Crippen molar-refractivity contribution in [3.05, 3.63) is 82.6 Å². The Morgan fingerprint density at radius 3 is 2.27 bits per heavy atom. The first-order valence-corrected chi connectivity index (χ1v) is 7.39. The standard InChI is InChI=1S/C17H12Cl2N2O/c18-14-4-3-5-15(16(14)19)20-17(22)12-6-8-13(9-7-12)21-10-1-2-11-21/h1-11H,(H,20,22). The van der Waals surface area contributed by atoms with E-state index in [1.54, 1.807) is 30.3 Å². The number of carbonyl (C=O) groups is 1. The molecule has 0 spiro atoms. The summed E-state index contributed by atoms with van der Waals surface area (Å²) in [5.41, 5.74) is 2.03. The zero-order valence-electron chi connectivity index (χ0n) is 11.5.